The van der Waals surface area contributed by atoms with E-state index in [9.17, 15) is 52.5 Å². The van der Waals surface area contributed by atoms with Crippen molar-refractivity contribution in [1.29, 1.82) is 0 Å². The molecule has 444 valence electrons. The van der Waals surface area contributed by atoms with Crippen LogP contribution in [0.25, 0.3) is 0 Å². The summed E-state index contributed by atoms with van der Waals surface area (Å²) in [5.41, 5.74) is 1.07. The van der Waals surface area contributed by atoms with E-state index in [0.29, 0.717) is 56.9 Å². The quantitative estimate of drug-likeness (QED) is 0.0604. The Morgan fingerprint density at radius 3 is 2.23 bits per heavy atom. The summed E-state index contributed by atoms with van der Waals surface area (Å²) in [6, 6.07) is -1.22. The Bertz CT molecular complexity index is 2050. The number of amides is 1. The lowest BCUT2D eigenvalue weighted by Crippen LogP contribution is -2.61. The number of aliphatic hydroxyl groups is 3. The van der Waals surface area contributed by atoms with Gasteiger partial charge in [0.25, 0.3) is 11.7 Å². The summed E-state index contributed by atoms with van der Waals surface area (Å²) in [7, 11) is 2.96. The molecule has 1 amide bonds. The molecule has 3 N–H and O–H groups in total. The van der Waals surface area contributed by atoms with Crippen LogP contribution >= 0.6 is 0 Å². The number of cyclic esters (lactones) is 1. The van der Waals surface area contributed by atoms with Gasteiger partial charge in [-0.15, -0.1) is 0 Å². The Kier molecular flexibility index (Phi) is 28.0. The number of rotatable bonds is 16. The van der Waals surface area contributed by atoms with Gasteiger partial charge in [-0.3, -0.25) is 19.2 Å². The monoisotopic (exact) mass is 1110 g/mol. The van der Waals surface area contributed by atoms with E-state index >= 15 is 0 Å². The number of ketones is 3. The van der Waals surface area contributed by atoms with Gasteiger partial charge < -0.3 is 58.1 Å². The van der Waals surface area contributed by atoms with Crippen molar-refractivity contribution in [2.45, 2.75) is 186 Å². The van der Waals surface area contributed by atoms with Gasteiger partial charge in [-0.1, -0.05) is 71.1 Å². The van der Waals surface area contributed by atoms with E-state index in [1.807, 2.05) is 39.0 Å². The largest absolute Gasteiger partial charge is 0.460 e. The molecule has 3 heterocycles. The second kappa shape index (κ2) is 32.7. The first-order valence-electron chi connectivity index (χ1n) is 28.0. The molecule has 3 fully saturated rings. The molecular weight excluding hydrogens is 1020 g/mol. The number of ether oxygens (including phenoxy) is 8. The molecule has 0 spiro atoms. The summed E-state index contributed by atoms with van der Waals surface area (Å²) in [5, 5.41) is 33.1. The number of halogens is 3. The Hall–Kier alpha value is -3.70. The van der Waals surface area contributed by atoms with Gasteiger partial charge >= 0.3 is 12.1 Å². The average Bonchev–Trinajstić information content (AvgIpc) is 3.40. The highest BCUT2D eigenvalue weighted by Crippen LogP contribution is 2.38. The van der Waals surface area contributed by atoms with Crippen molar-refractivity contribution in [3.05, 3.63) is 47.6 Å². The molecule has 78 heavy (non-hydrogen) atoms. The summed E-state index contributed by atoms with van der Waals surface area (Å²) in [4.78, 5) is 72.8. The molecule has 17 nitrogen and oxygen atoms in total. The number of methoxy groups -OCH3 is 2. The van der Waals surface area contributed by atoms with Gasteiger partial charge in [0.1, 0.15) is 36.7 Å². The van der Waals surface area contributed by atoms with Crippen molar-refractivity contribution in [3.8, 4) is 0 Å². The molecule has 2 bridgehead atoms. The number of hydrogen-bond donors (Lipinski definition) is 3. The normalized spacial score (nSPS) is 35.9. The lowest BCUT2D eigenvalue weighted by Gasteiger charge is -2.43. The third-order valence-corrected chi connectivity index (χ3v) is 15.8. The van der Waals surface area contributed by atoms with Crippen molar-refractivity contribution in [3.63, 3.8) is 0 Å². The summed E-state index contributed by atoms with van der Waals surface area (Å²) in [6.07, 6.45) is 5.60. The van der Waals surface area contributed by atoms with Crippen molar-refractivity contribution in [2.75, 3.05) is 67.0 Å². The van der Waals surface area contributed by atoms with Crippen molar-refractivity contribution in [2.24, 2.45) is 35.5 Å². The molecule has 0 aromatic carbocycles. The molecule has 2 saturated heterocycles. The minimum atomic E-state index is -4.46. The maximum atomic E-state index is 14.6. The third-order valence-electron chi connectivity index (χ3n) is 15.8. The topological polar surface area (TPSA) is 223 Å². The number of carbonyl (C=O) groups excluding carboxylic acids is 5. The van der Waals surface area contributed by atoms with Crippen LogP contribution in [0.3, 0.4) is 0 Å². The Labute approximate surface area is 459 Å². The van der Waals surface area contributed by atoms with Crippen LogP contribution in [-0.2, 0) is 61.9 Å². The SMILES string of the molecule is COC1C(=O)[C@H](C)C[C@H](C)/C=C/C=C/C=C(\C)C(OCCOCCOCC(F)(F)F)C[C@@H]2CC[C@@H](C)[C@@](O)(O2)C(=O)C(=O)N2CCCC[C@H]2C(=O)O[C@H]([C@H](C)C[C@@H]2CC[C@@H](OCCO)[C@H](OC)C2)CC(=O)[C@H](C)/C=C(\C)[C@H]1O. The van der Waals surface area contributed by atoms with Crippen molar-refractivity contribution < 1.29 is 90.4 Å². The van der Waals surface area contributed by atoms with Crippen LogP contribution in [0.4, 0.5) is 13.2 Å². The molecule has 4 rings (SSSR count). The predicted octanol–water partition coefficient (Wildman–Crippen LogP) is 7.16. The summed E-state index contributed by atoms with van der Waals surface area (Å²) >= 11 is 0. The fourth-order valence-electron chi connectivity index (χ4n) is 11.1. The van der Waals surface area contributed by atoms with Gasteiger partial charge in [-0.25, -0.2) is 4.79 Å². The highest BCUT2D eigenvalue weighted by molar-refractivity contribution is 6.39. The van der Waals surface area contributed by atoms with E-state index in [4.69, 9.17) is 33.2 Å². The zero-order valence-electron chi connectivity index (χ0n) is 47.4. The highest BCUT2D eigenvalue weighted by Gasteiger charge is 2.53. The van der Waals surface area contributed by atoms with Crippen LogP contribution in [0, 0.1) is 35.5 Å². The van der Waals surface area contributed by atoms with Crippen LogP contribution in [0.2, 0.25) is 0 Å². The maximum absolute atomic E-state index is 14.6. The van der Waals surface area contributed by atoms with Crippen LogP contribution in [0.1, 0.15) is 126 Å². The number of carbonyl (C=O) groups is 5. The van der Waals surface area contributed by atoms with Crippen LogP contribution in [0.15, 0.2) is 47.6 Å². The van der Waals surface area contributed by atoms with Gasteiger partial charge in [0.2, 0.25) is 5.79 Å². The number of esters is 1. The fraction of sp³-hybridized carbons (Fsp3) is 0.776. The molecule has 0 aromatic heterocycles. The molecule has 0 aromatic rings. The van der Waals surface area contributed by atoms with Crippen LogP contribution < -0.4 is 0 Å². The molecule has 15 atom stereocenters. The van der Waals surface area contributed by atoms with Crippen LogP contribution in [-0.4, -0.2) is 177 Å². The zero-order chi connectivity index (χ0) is 57.7. The van der Waals surface area contributed by atoms with Gasteiger partial charge in [0.05, 0.1) is 64.1 Å². The second-order valence-electron chi connectivity index (χ2n) is 22.1. The molecule has 1 aliphatic carbocycles. The number of hydrogen-bond acceptors (Lipinski definition) is 16. The standard InChI is InChI=1S/C58H90F3NO16/c1-36-15-11-10-12-16-37(2)48(76-28-27-73-25-26-74-35-57(59,60)61)33-44-20-18-42(7)58(70,78-44)54(67)55(68)62-22-14-13-17-45(62)56(69)77-49(39(4)31-43-19-21-47(75-24-23-63)50(32-43)71-8)34-46(64)38(3)30-41(6)52(66)53(72-9)51(65)40(5)29-36/h10-12,15-16,30,36,38-40,42-45,47-50,52-53,63,66,70H,13-14,17-29,31-35H2,1-9H3/b12-10+,15-11+,37-16+,41-30+/t36-,38-,39-,40-,42-,43+,44+,45+,47-,48?,49+,50-,52-,53?,58-/m1/s1. The lowest BCUT2D eigenvalue weighted by atomic mass is 9.78. The number of allylic oxidation sites excluding steroid dienone is 6. The van der Waals surface area contributed by atoms with E-state index in [1.54, 1.807) is 53.0 Å². The molecule has 0 radical (unpaired) electrons. The molecular formula is C58H90F3NO16. The van der Waals surface area contributed by atoms with Gasteiger partial charge in [-0.05, 0) is 107 Å². The molecule has 4 aliphatic rings. The minimum Gasteiger partial charge on any atom is -0.460 e. The molecule has 1 saturated carbocycles. The Balaban J connectivity index is 1.68. The summed E-state index contributed by atoms with van der Waals surface area (Å²) in [6.45, 7) is 10.7. The Morgan fingerprint density at radius 2 is 1.54 bits per heavy atom. The first-order chi connectivity index (χ1) is 36.9. The third kappa shape index (κ3) is 20.4. The first-order valence-corrected chi connectivity index (χ1v) is 28.0. The van der Waals surface area contributed by atoms with Gasteiger partial charge in [-0.2, -0.15) is 13.2 Å². The van der Waals surface area contributed by atoms with Crippen molar-refractivity contribution >= 4 is 29.2 Å². The minimum absolute atomic E-state index is 0.0165. The van der Waals surface area contributed by atoms with E-state index in [2.05, 4.69) is 4.74 Å². The number of alkyl halides is 3. The number of piperidine rings is 1. The summed E-state index contributed by atoms with van der Waals surface area (Å²) in [5.74, 6) is -8.80. The second-order valence-corrected chi connectivity index (χ2v) is 22.1. The molecule has 2 unspecified atom stereocenters. The van der Waals surface area contributed by atoms with Gasteiger partial charge in [0, 0.05) is 51.4 Å². The predicted molar refractivity (Wildman–Crippen MR) is 283 cm³/mol. The average molecular weight is 1110 g/mol. The lowest BCUT2D eigenvalue weighted by molar-refractivity contribution is -0.266. The Morgan fingerprint density at radius 1 is 0.821 bits per heavy atom. The molecule has 3 aliphatic heterocycles. The van der Waals surface area contributed by atoms with E-state index in [0.717, 1.165) is 16.9 Å². The van der Waals surface area contributed by atoms with E-state index in [-0.39, 0.29) is 107 Å². The fourth-order valence-corrected chi connectivity index (χ4v) is 11.1. The molecule has 20 heteroatoms. The van der Waals surface area contributed by atoms with E-state index < -0.39 is 90.5 Å². The number of Topliss-reactive ketones (excluding diaryl/α,β-unsaturated/α-hetero) is 3. The first kappa shape index (κ1) is 66.8. The summed E-state index contributed by atoms with van der Waals surface area (Å²) < 4.78 is 83.7. The maximum Gasteiger partial charge on any atom is 0.411 e. The van der Waals surface area contributed by atoms with Gasteiger partial charge in [0.15, 0.2) is 5.78 Å². The zero-order valence-corrected chi connectivity index (χ0v) is 47.4. The number of nitrogens with zero attached hydrogens (tertiary/aromatic N) is 1. The number of aliphatic hydroxyl groups excluding tert-OH is 2. The highest BCUT2D eigenvalue weighted by atomic mass is 19.4. The van der Waals surface area contributed by atoms with Crippen molar-refractivity contribution in [1.82, 2.24) is 4.90 Å². The van der Waals surface area contributed by atoms with E-state index in [1.165, 1.54) is 7.11 Å². The van der Waals surface area contributed by atoms with Crippen LogP contribution in [0.5, 0.6) is 0 Å². The smallest absolute Gasteiger partial charge is 0.411 e. The number of fused-ring (bicyclic) bond motifs is 3.